The summed E-state index contributed by atoms with van der Waals surface area (Å²) < 4.78 is 45.7. The van der Waals surface area contributed by atoms with Crippen molar-refractivity contribution in [3.05, 3.63) is 141 Å². The fourth-order valence-electron chi connectivity index (χ4n) is 8.20. The number of alkyl halides is 3. The van der Waals surface area contributed by atoms with E-state index in [2.05, 4.69) is 48.1 Å². The Morgan fingerprint density at radius 3 is 1.91 bits per heavy atom. The topological polar surface area (TPSA) is 129 Å². The van der Waals surface area contributed by atoms with Crippen LogP contribution in [0.3, 0.4) is 0 Å². The summed E-state index contributed by atoms with van der Waals surface area (Å²) in [5.41, 5.74) is 1.66. The summed E-state index contributed by atoms with van der Waals surface area (Å²) in [6.45, 7) is 3.97. The molecule has 1 aliphatic carbocycles. The molecule has 3 aromatic carbocycles. The molecule has 3 aliphatic rings. The van der Waals surface area contributed by atoms with Gasteiger partial charge in [0, 0.05) is 81.4 Å². The van der Waals surface area contributed by atoms with Gasteiger partial charge in [0.05, 0.1) is 23.8 Å². The van der Waals surface area contributed by atoms with E-state index < -0.39 is 17.6 Å². The van der Waals surface area contributed by atoms with Crippen LogP contribution in [0.2, 0.25) is 0 Å². The van der Waals surface area contributed by atoms with E-state index in [1.165, 1.54) is 41.5 Å². The number of anilines is 2. The first-order valence-corrected chi connectivity index (χ1v) is 23.7. The quantitative estimate of drug-likeness (QED) is 0.0697. The maximum atomic E-state index is 13.2. The molecular formula is C51H55BrF3N7O5. The van der Waals surface area contributed by atoms with Crippen molar-refractivity contribution >= 4 is 50.9 Å². The van der Waals surface area contributed by atoms with Crippen molar-refractivity contribution in [3.8, 4) is 5.75 Å². The number of halogens is 4. The van der Waals surface area contributed by atoms with E-state index >= 15 is 0 Å². The minimum Gasteiger partial charge on any atom is -0.497 e. The first kappa shape index (κ1) is 48.8. The lowest BCUT2D eigenvalue weighted by molar-refractivity contribution is -0.138. The van der Waals surface area contributed by atoms with E-state index in [-0.39, 0.29) is 36.1 Å². The second-order valence-corrected chi connectivity index (χ2v) is 17.9. The number of hydrogen-bond donors (Lipinski definition) is 0. The fraction of sp³-hybridized carbons (Fsp3) is 0.392. The zero-order valence-corrected chi connectivity index (χ0v) is 39.2. The lowest BCUT2D eigenvalue weighted by Gasteiger charge is -2.35. The summed E-state index contributed by atoms with van der Waals surface area (Å²) in [6, 6.07) is 27.8. The Morgan fingerprint density at radius 1 is 0.672 bits per heavy atom. The van der Waals surface area contributed by atoms with Gasteiger partial charge in [-0.1, -0.05) is 61.7 Å². The number of benzene rings is 3. The predicted molar refractivity (Wildman–Crippen MR) is 254 cm³/mol. The van der Waals surface area contributed by atoms with Crippen LogP contribution in [0.15, 0.2) is 108 Å². The lowest BCUT2D eigenvalue weighted by atomic mass is 10.0. The van der Waals surface area contributed by atoms with Gasteiger partial charge in [-0.3, -0.25) is 19.2 Å². The van der Waals surface area contributed by atoms with Crippen molar-refractivity contribution in [2.24, 2.45) is 5.92 Å². The molecule has 3 fully saturated rings. The molecular weight excluding hydrogens is 928 g/mol. The average molecular weight is 983 g/mol. The Kier molecular flexibility index (Phi) is 16.8. The maximum absolute atomic E-state index is 13.2. The number of unbranched alkanes of at least 4 members (excludes halogenated alkanes) is 1. The summed E-state index contributed by atoms with van der Waals surface area (Å²) in [5, 5.41) is 8.22. The predicted octanol–water partition coefficient (Wildman–Crippen LogP) is 9.63. The first-order valence-electron chi connectivity index (χ1n) is 22.9. The summed E-state index contributed by atoms with van der Waals surface area (Å²) in [5.74, 6) is 2.35. The van der Waals surface area contributed by atoms with Crippen LogP contribution in [0.4, 0.5) is 24.8 Å². The molecule has 0 atom stereocenters. The third kappa shape index (κ3) is 13.5. The number of ketones is 2. The molecule has 1 saturated carbocycles. The van der Waals surface area contributed by atoms with Gasteiger partial charge < -0.3 is 24.3 Å². The van der Waals surface area contributed by atoms with Crippen LogP contribution in [-0.4, -0.2) is 108 Å². The molecule has 5 aromatic rings. The number of aryl methyl sites for hydroxylation is 1. The van der Waals surface area contributed by atoms with Crippen molar-refractivity contribution < 1.29 is 37.1 Å². The number of aromatic nitrogens is 3. The number of methoxy groups -OCH3 is 1. The Morgan fingerprint density at radius 2 is 1.30 bits per heavy atom. The van der Waals surface area contributed by atoms with Crippen LogP contribution in [0.5, 0.6) is 5.75 Å². The number of carbonyl (C=O) groups excluding carboxylic acids is 4. The van der Waals surface area contributed by atoms with Gasteiger partial charge in [0.15, 0.2) is 17.4 Å². The summed E-state index contributed by atoms with van der Waals surface area (Å²) in [7, 11) is 1.59. The second kappa shape index (κ2) is 23.0. The number of amides is 2. The third-order valence-corrected chi connectivity index (χ3v) is 13.0. The normalized spacial score (nSPS) is 15.1. The molecule has 12 nitrogen and oxygen atoms in total. The van der Waals surface area contributed by atoms with Crippen LogP contribution < -0.4 is 14.5 Å². The van der Waals surface area contributed by atoms with Crippen LogP contribution in [0, 0.1) is 5.92 Å². The lowest BCUT2D eigenvalue weighted by Crippen LogP contribution is -2.49. The minimum atomic E-state index is -4.58. The molecule has 0 radical (unpaired) electrons. The zero-order valence-electron chi connectivity index (χ0n) is 37.6. The molecule has 2 amide bonds. The fourth-order valence-corrected chi connectivity index (χ4v) is 8.62. The Balaban J connectivity index is 0.000000200. The van der Waals surface area contributed by atoms with Crippen LogP contribution in [-0.2, 0) is 12.6 Å². The van der Waals surface area contributed by atoms with Crippen LogP contribution in [0.1, 0.15) is 104 Å². The van der Waals surface area contributed by atoms with Crippen molar-refractivity contribution in [2.45, 2.75) is 64.0 Å². The van der Waals surface area contributed by atoms with Crippen molar-refractivity contribution in [1.82, 2.24) is 25.0 Å². The monoisotopic (exact) mass is 981 g/mol. The van der Waals surface area contributed by atoms with Gasteiger partial charge in [-0.15, -0.1) is 10.2 Å². The van der Waals surface area contributed by atoms with Gasteiger partial charge in [-0.2, -0.15) is 13.2 Å². The van der Waals surface area contributed by atoms with Crippen LogP contribution >= 0.6 is 15.9 Å². The number of ether oxygens (including phenoxy) is 1. The van der Waals surface area contributed by atoms with E-state index in [0.717, 1.165) is 54.4 Å². The Hall–Kier alpha value is -6.16. The third-order valence-electron chi connectivity index (χ3n) is 12.3. The van der Waals surface area contributed by atoms with Gasteiger partial charge in [0.1, 0.15) is 17.3 Å². The van der Waals surface area contributed by atoms with Gasteiger partial charge in [0.25, 0.3) is 11.8 Å². The Labute approximate surface area is 397 Å². The van der Waals surface area contributed by atoms with Gasteiger partial charge in [-0.05, 0) is 108 Å². The van der Waals surface area contributed by atoms with Crippen molar-refractivity contribution in [1.29, 1.82) is 0 Å². The number of pyridine rings is 1. The highest BCUT2D eigenvalue weighted by atomic mass is 79.9. The van der Waals surface area contributed by atoms with Crippen molar-refractivity contribution in [2.75, 3.05) is 69.3 Å². The maximum Gasteiger partial charge on any atom is 0.417 e. The summed E-state index contributed by atoms with van der Waals surface area (Å²) >= 11 is 3.47. The van der Waals surface area contributed by atoms with Gasteiger partial charge >= 0.3 is 6.18 Å². The first-order chi connectivity index (χ1) is 32.4. The second-order valence-electron chi connectivity index (χ2n) is 17.0. The van der Waals surface area contributed by atoms with Gasteiger partial charge in [-0.25, -0.2) is 4.98 Å². The summed E-state index contributed by atoms with van der Waals surface area (Å²) in [6.07, 6.45) is 5.49. The molecule has 2 aromatic heterocycles. The minimum absolute atomic E-state index is 0.0107. The number of carbonyl (C=O) groups is 4. The number of rotatable bonds is 16. The highest BCUT2D eigenvalue weighted by Crippen LogP contribution is 2.34. The molecule has 0 unspecified atom stereocenters. The standard InChI is InChI=1S/C28H30BrN3O3.C23H25F3N4O2/c1-35-23-12-13-25(29)24(19-23)28(34)32-17-15-31(16-18-32)27-14-11-22(20-30-27)26(33)10-6-5-9-21-7-3-2-4-8-21;24-23(25,26)18-6-2-1-5-17(18)22(32)30-14-12-29(13-15-30)21-11-10-19(27-28-21)20(31)7-3-4-16-8-9-16/h2-4,7-8,11-14,19-20H,5-6,9-10,15-18H2,1H3;1-2,5-6,10-11,16H,3-4,7-9,12-15H2. The van der Waals surface area contributed by atoms with E-state index in [1.807, 2.05) is 52.3 Å². The highest BCUT2D eigenvalue weighted by Gasteiger charge is 2.36. The van der Waals surface area contributed by atoms with Crippen LogP contribution in [0.25, 0.3) is 0 Å². The van der Waals surface area contributed by atoms with E-state index in [1.54, 1.807) is 31.5 Å². The molecule has 16 heteroatoms. The van der Waals surface area contributed by atoms with E-state index in [4.69, 9.17) is 4.74 Å². The number of piperazine rings is 2. The molecule has 0 spiro atoms. The Bertz CT molecular complexity index is 2460. The number of Topliss-reactive ketones (excluding diaryl/α,β-unsaturated/α-hetero) is 2. The number of hydrogen-bond acceptors (Lipinski definition) is 10. The zero-order chi connectivity index (χ0) is 47.3. The largest absolute Gasteiger partial charge is 0.497 e. The molecule has 0 N–H and O–H groups in total. The molecule has 2 saturated heterocycles. The van der Waals surface area contributed by atoms with E-state index in [0.29, 0.717) is 80.5 Å². The van der Waals surface area contributed by atoms with Gasteiger partial charge in [0.2, 0.25) is 0 Å². The molecule has 2 aliphatic heterocycles. The van der Waals surface area contributed by atoms with E-state index in [9.17, 15) is 32.3 Å². The molecule has 8 rings (SSSR count). The number of nitrogens with zero attached hydrogens (tertiary/aromatic N) is 7. The summed E-state index contributed by atoms with van der Waals surface area (Å²) in [4.78, 5) is 62.4. The smallest absolute Gasteiger partial charge is 0.417 e. The molecule has 4 heterocycles. The molecule has 67 heavy (non-hydrogen) atoms. The SMILES string of the molecule is COc1ccc(Br)c(C(=O)N2CCN(c3ccc(C(=O)CCCCc4ccccc4)cn3)CC2)c1.O=C(CCCC1CC1)c1ccc(N2CCN(C(=O)c3ccccc3C(F)(F)F)CC2)nn1. The molecule has 0 bridgehead atoms. The average Bonchev–Trinajstić information content (AvgIpc) is 4.20. The van der Waals surface area contributed by atoms with Crippen molar-refractivity contribution in [3.63, 3.8) is 0 Å². The molecule has 352 valence electrons. The highest BCUT2D eigenvalue weighted by molar-refractivity contribution is 9.10.